The van der Waals surface area contributed by atoms with Gasteiger partial charge >= 0.3 is 6.03 Å². The highest BCUT2D eigenvalue weighted by molar-refractivity contribution is 7.89. The Kier molecular flexibility index (Phi) is 4.74. The van der Waals surface area contributed by atoms with Gasteiger partial charge in [-0.2, -0.15) is 4.31 Å². The first-order valence-electron chi connectivity index (χ1n) is 7.36. The molecule has 2 aliphatic heterocycles. The van der Waals surface area contributed by atoms with Gasteiger partial charge in [-0.05, 0) is 25.0 Å². The molecule has 2 aliphatic rings. The molecule has 1 aromatic carbocycles. The van der Waals surface area contributed by atoms with E-state index in [1.807, 2.05) is 0 Å². The van der Waals surface area contributed by atoms with Crippen LogP contribution in [0.1, 0.15) is 12.8 Å². The van der Waals surface area contributed by atoms with Gasteiger partial charge < -0.3 is 5.32 Å². The van der Waals surface area contributed by atoms with Crippen molar-refractivity contribution in [1.29, 1.82) is 0 Å². The molecule has 2 heterocycles. The van der Waals surface area contributed by atoms with Crippen LogP contribution >= 0.6 is 23.2 Å². The van der Waals surface area contributed by atoms with Crippen molar-refractivity contribution in [3.63, 3.8) is 0 Å². The number of carbonyl (C=O) groups is 2. The Balaban J connectivity index is 1.77. The van der Waals surface area contributed by atoms with Crippen LogP contribution in [-0.4, -0.2) is 55.2 Å². The normalized spacial score (nSPS) is 20.5. The highest BCUT2D eigenvalue weighted by atomic mass is 35.5. The number of sulfonamides is 1. The van der Waals surface area contributed by atoms with Crippen LogP contribution in [0.25, 0.3) is 0 Å². The van der Waals surface area contributed by atoms with Crippen molar-refractivity contribution < 1.29 is 18.0 Å². The molecule has 24 heavy (non-hydrogen) atoms. The summed E-state index contributed by atoms with van der Waals surface area (Å²) < 4.78 is 26.9. The molecule has 2 saturated heterocycles. The van der Waals surface area contributed by atoms with Gasteiger partial charge in [0, 0.05) is 19.1 Å². The summed E-state index contributed by atoms with van der Waals surface area (Å²) in [6, 6.07) is 3.80. The molecular formula is C14H15Cl2N3O4S. The number of nitrogens with zero attached hydrogens (tertiary/aromatic N) is 2. The van der Waals surface area contributed by atoms with Gasteiger partial charge in [-0.25, -0.2) is 13.2 Å². The second-order valence-electron chi connectivity index (χ2n) is 5.61. The molecule has 3 rings (SSSR count). The Labute approximate surface area is 149 Å². The predicted octanol–water partition coefficient (Wildman–Crippen LogP) is 1.70. The molecule has 1 N–H and O–H groups in total. The molecule has 7 nitrogen and oxygen atoms in total. The summed E-state index contributed by atoms with van der Waals surface area (Å²) in [5, 5.41) is 2.61. The number of amides is 3. The van der Waals surface area contributed by atoms with Crippen LogP contribution in [-0.2, 0) is 14.8 Å². The number of halogens is 2. The summed E-state index contributed by atoms with van der Waals surface area (Å²) in [5.41, 5.74) is 0. The topological polar surface area (TPSA) is 86.8 Å². The van der Waals surface area contributed by atoms with Crippen molar-refractivity contribution in [2.24, 2.45) is 0 Å². The maximum absolute atomic E-state index is 12.8. The van der Waals surface area contributed by atoms with E-state index >= 15 is 0 Å². The van der Waals surface area contributed by atoms with Crippen LogP contribution < -0.4 is 5.32 Å². The van der Waals surface area contributed by atoms with E-state index in [1.165, 1.54) is 21.3 Å². The zero-order valence-electron chi connectivity index (χ0n) is 12.5. The molecule has 10 heteroatoms. The lowest BCUT2D eigenvalue weighted by atomic mass is 10.1. The molecule has 0 aromatic heterocycles. The molecule has 0 aliphatic carbocycles. The highest BCUT2D eigenvalue weighted by Crippen LogP contribution is 2.33. The quantitative estimate of drug-likeness (QED) is 0.794. The minimum atomic E-state index is -3.83. The summed E-state index contributed by atoms with van der Waals surface area (Å²) in [6.07, 6.45) is 0.751. The van der Waals surface area contributed by atoms with Gasteiger partial charge in [0.2, 0.25) is 15.9 Å². The molecule has 0 spiro atoms. The zero-order valence-corrected chi connectivity index (χ0v) is 14.9. The Bertz CT molecular complexity index is 755. The number of hydrogen-bond acceptors (Lipinski definition) is 4. The van der Waals surface area contributed by atoms with Gasteiger partial charge in [-0.3, -0.25) is 9.69 Å². The number of urea groups is 1. The molecule has 0 bridgehead atoms. The van der Waals surface area contributed by atoms with E-state index in [9.17, 15) is 18.0 Å². The third-order valence-electron chi connectivity index (χ3n) is 4.18. The second kappa shape index (κ2) is 6.51. The van der Waals surface area contributed by atoms with Crippen molar-refractivity contribution in [2.45, 2.75) is 23.8 Å². The standard InChI is InChI=1S/C14H15Cl2N3O4S/c15-10-2-1-3-11(16)13(10)24(22,23)18-6-4-9(5-7-18)19-12(20)8-17-14(19)21/h1-3,9H,4-8H2,(H,17,21). The first-order chi connectivity index (χ1) is 11.3. The lowest BCUT2D eigenvalue weighted by molar-refractivity contribution is -0.127. The van der Waals surface area contributed by atoms with Crippen molar-refractivity contribution in [1.82, 2.24) is 14.5 Å². The summed E-state index contributed by atoms with van der Waals surface area (Å²) >= 11 is 12.0. The van der Waals surface area contributed by atoms with Crippen LogP contribution in [0.3, 0.4) is 0 Å². The molecule has 3 amide bonds. The number of hydrogen-bond donors (Lipinski definition) is 1. The highest BCUT2D eigenvalue weighted by Gasteiger charge is 2.39. The lowest BCUT2D eigenvalue weighted by Crippen LogP contribution is -2.49. The van der Waals surface area contributed by atoms with Crippen LogP contribution in [0, 0.1) is 0 Å². The second-order valence-corrected chi connectivity index (χ2v) is 8.30. The average molecular weight is 392 g/mol. The molecule has 0 saturated carbocycles. The number of carbonyl (C=O) groups excluding carboxylic acids is 2. The maximum Gasteiger partial charge on any atom is 0.324 e. The Morgan fingerprint density at radius 1 is 1.08 bits per heavy atom. The molecule has 1 aromatic rings. The summed E-state index contributed by atoms with van der Waals surface area (Å²) in [6.45, 7) is 0.365. The van der Waals surface area contributed by atoms with Gasteiger partial charge in [0.25, 0.3) is 0 Å². The van der Waals surface area contributed by atoms with E-state index in [0.717, 1.165) is 0 Å². The fourth-order valence-electron chi connectivity index (χ4n) is 3.00. The Morgan fingerprint density at radius 3 is 2.17 bits per heavy atom. The Morgan fingerprint density at radius 2 is 1.67 bits per heavy atom. The number of piperidine rings is 1. The fourth-order valence-corrected chi connectivity index (χ4v) is 5.56. The van der Waals surface area contributed by atoms with Crippen molar-refractivity contribution >= 4 is 45.2 Å². The zero-order chi connectivity index (χ0) is 17.5. The van der Waals surface area contributed by atoms with E-state index in [1.54, 1.807) is 6.07 Å². The third kappa shape index (κ3) is 2.99. The van der Waals surface area contributed by atoms with E-state index < -0.39 is 16.1 Å². The minimum Gasteiger partial charge on any atom is -0.329 e. The van der Waals surface area contributed by atoms with Gasteiger partial charge in [-0.15, -0.1) is 0 Å². The Hall–Kier alpha value is -1.35. The summed E-state index contributed by atoms with van der Waals surface area (Å²) in [5.74, 6) is -0.282. The summed E-state index contributed by atoms with van der Waals surface area (Å²) in [4.78, 5) is 24.5. The third-order valence-corrected chi connectivity index (χ3v) is 7.04. The van der Waals surface area contributed by atoms with Gasteiger partial charge in [-0.1, -0.05) is 29.3 Å². The maximum atomic E-state index is 12.8. The SMILES string of the molecule is O=C1CNC(=O)N1C1CCN(S(=O)(=O)c2c(Cl)cccc2Cl)CC1. The number of rotatable bonds is 3. The largest absolute Gasteiger partial charge is 0.329 e. The summed E-state index contributed by atoms with van der Waals surface area (Å²) in [7, 11) is -3.83. The lowest BCUT2D eigenvalue weighted by Gasteiger charge is -2.34. The molecule has 130 valence electrons. The molecule has 0 atom stereocenters. The van der Waals surface area contributed by atoms with Crippen LogP contribution in [0.15, 0.2) is 23.1 Å². The molecule has 0 radical (unpaired) electrons. The van der Waals surface area contributed by atoms with Gasteiger partial charge in [0.05, 0.1) is 16.6 Å². The molecular weight excluding hydrogens is 377 g/mol. The smallest absolute Gasteiger partial charge is 0.324 e. The van der Waals surface area contributed by atoms with Crippen molar-refractivity contribution in [3.05, 3.63) is 28.2 Å². The number of benzene rings is 1. The monoisotopic (exact) mass is 391 g/mol. The van der Waals surface area contributed by atoms with Crippen LogP contribution in [0.5, 0.6) is 0 Å². The van der Waals surface area contributed by atoms with E-state index in [2.05, 4.69) is 5.32 Å². The van der Waals surface area contributed by atoms with E-state index in [-0.39, 0.29) is 46.5 Å². The van der Waals surface area contributed by atoms with Crippen LogP contribution in [0.2, 0.25) is 10.0 Å². The van der Waals surface area contributed by atoms with Gasteiger partial charge in [0.15, 0.2) is 0 Å². The number of nitrogens with one attached hydrogen (secondary N) is 1. The van der Waals surface area contributed by atoms with Gasteiger partial charge in [0.1, 0.15) is 4.90 Å². The van der Waals surface area contributed by atoms with Crippen LogP contribution in [0.4, 0.5) is 4.79 Å². The first kappa shape index (κ1) is 17.5. The fraction of sp³-hybridized carbons (Fsp3) is 0.429. The van der Waals surface area contributed by atoms with E-state index in [4.69, 9.17) is 23.2 Å². The predicted molar refractivity (Wildman–Crippen MR) is 88.5 cm³/mol. The van der Waals surface area contributed by atoms with Crippen molar-refractivity contribution in [3.8, 4) is 0 Å². The first-order valence-corrected chi connectivity index (χ1v) is 9.56. The number of imide groups is 1. The van der Waals surface area contributed by atoms with E-state index in [0.29, 0.717) is 12.8 Å². The average Bonchev–Trinajstić information content (AvgIpc) is 2.86. The minimum absolute atomic E-state index is 0.00736. The van der Waals surface area contributed by atoms with Crippen molar-refractivity contribution in [2.75, 3.05) is 19.6 Å². The molecule has 0 unspecified atom stereocenters. The molecule has 2 fully saturated rings.